The molecule has 0 aromatic heterocycles. The Bertz CT molecular complexity index is 613. The molecule has 2 heteroatoms. The van der Waals surface area contributed by atoms with E-state index in [1.54, 1.807) is 0 Å². The largest absolute Gasteiger partial charge is 0.478 e. The Kier molecular flexibility index (Phi) is 7.38. The number of aryl methyl sites for hydroxylation is 1. The van der Waals surface area contributed by atoms with Crippen LogP contribution < -0.4 is 0 Å². The molecule has 0 bridgehead atoms. The van der Waals surface area contributed by atoms with Gasteiger partial charge in [0.15, 0.2) is 0 Å². The Balaban J connectivity index is 1.76. The zero-order chi connectivity index (χ0) is 19.2. The molecular weight excluding hydrogens is 332 g/mol. The second-order valence-electron chi connectivity index (χ2n) is 9.27. The van der Waals surface area contributed by atoms with Crippen LogP contribution >= 0.6 is 0 Å². The van der Waals surface area contributed by atoms with Gasteiger partial charge in [0.2, 0.25) is 0 Å². The van der Waals surface area contributed by atoms with E-state index in [4.69, 9.17) is 0 Å². The van der Waals surface area contributed by atoms with Crippen LogP contribution in [0.1, 0.15) is 112 Å². The van der Waals surface area contributed by atoms with Gasteiger partial charge in [-0.25, -0.2) is 4.79 Å². The molecule has 0 heterocycles. The van der Waals surface area contributed by atoms with E-state index in [9.17, 15) is 9.90 Å². The summed E-state index contributed by atoms with van der Waals surface area (Å²) >= 11 is 0. The van der Waals surface area contributed by atoms with Crippen LogP contribution in [-0.4, -0.2) is 11.1 Å². The van der Waals surface area contributed by atoms with Gasteiger partial charge in [-0.05, 0) is 79.0 Å². The van der Waals surface area contributed by atoms with Crippen molar-refractivity contribution in [3.8, 4) is 0 Å². The van der Waals surface area contributed by atoms with Gasteiger partial charge in [-0.3, -0.25) is 0 Å². The second kappa shape index (κ2) is 9.75. The predicted molar refractivity (Wildman–Crippen MR) is 112 cm³/mol. The van der Waals surface area contributed by atoms with Gasteiger partial charge in [0.05, 0.1) is 5.56 Å². The average Bonchev–Trinajstić information content (AvgIpc) is 2.68. The van der Waals surface area contributed by atoms with Crippen LogP contribution in [0, 0.1) is 17.8 Å². The SMILES string of the molecule is CCCCCCCC1CCc2cc(C(=O)O)ccc2C1C1CCC(C)CC1. The highest BCUT2D eigenvalue weighted by molar-refractivity contribution is 5.88. The van der Waals surface area contributed by atoms with Crippen LogP contribution in [0.15, 0.2) is 18.2 Å². The van der Waals surface area contributed by atoms with Crippen LogP contribution in [-0.2, 0) is 6.42 Å². The number of carboxylic acids is 1. The van der Waals surface area contributed by atoms with Crippen molar-refractivity contribution in [2.24, 2.45) is 17.8 Å². The molecule has 2 nitrogen and oxygen atoms in total. The Morgan fingerprint density at radius 2 is 1.78 bits per heavy atom. The Labute approximate surface area is 165 Å². The number of carbonyl (C=O) groups is 1. The van der Waals surface area contributed by atoms with Gasteiger partial charge < -0.3 is 5.11 Å². The third-order valence-electron chi connectivity index (χ3n) is 7.29. The smallest absolute Gasteiger partial charge is 0.335 e. The Morgan fingerprint density at radius 3 is 2.48 bits per heavy atom. The number of rotatable bonds is 8. The minimum absolute atomic E-state index is 0.461. The van der Waals surface area contributed by atoms with E-state index in [0.29, 0.717) is 11.5 Å². The molecule has 1 saturated carbocycles. The molecule has 27 heavy (non-hydrogen) atoms. The number of unbranched alkanes of at least 4 members (excludes halogenated alkanes) is 4. The summed E-state index contributed by atoms with van der Waals surface area (Å²) in [6.45, 7) is 4.68. The minimum Gasteiger partial charge on any atom is -0.478 e. The Hall–Kier alpha value is -1.31. The van der Waals surface area contributed by atoms with Gasteiger partial charge in [-0.1, -0.05) is 64.9 Å². The van der Waals surface area contributed by atoms with Crippen LogP contribution in [0.5, 0.6) is 0 Å². The number of hydrogen-bond acceptors (Lipinski definition) is 1. The number of fused-ring (bicyclic) bond motifs is 1. The van der Waals surface area contributed by atoms with Crippen LogP contribution in [0.3, 0.4) is 0 Å². The van der Waals surface area contributed by atoms with Crippen LogP contribution in [0.4, 0.5) is 0 Å². The Morgan fingerprint density at radius 1 is 1.04 bits per heavy atom. The maximum atomic E-state index is 11.4. The first-order chi connectivity index (χ1) is 13.1. The van der Waals surface area contributed by atoms with Gasteiger partial charge in [0.1, 0.15) is 0 Å². The number of aromatic carboxylic acids is 1. The molecule has 1 fully saturated rings. The summed E-state index contributed by atoms with van der Waals surface area (Å²) in [6, 6.07) is 5.99. The summed E-state index contributed by atoms with van der Waals surface area (Å²) in [6.07, 6.45) is 15.9. The van der Waals surface area contributed by atoms with Crippen molar-refractivity contribution in [3.63, 3.8) is 0 Å². The summed E-state index contributed by atoms with van der Waals surface area (Å²) in [5, 5.41) is 9.37. The van der Waals surface area contributed by atoms with Gasteiger partial charge in [-0.15, -0.1) is 0 Å². The van der Waals surface area contributed by atoms with Gasteiger partial charge in [0.25, 0.3) is 0 Å². The van der Waals surface area contributed by atoms with Gasteiger partial charge in [-0.2, -0.15) is 0 Å². The first-order valence-corrected chi connectivity index (χ1v) is 11.5. The summed E-state index contributed by atoms with van der Waals surface area (Å²) in [7, 11) is 0. The lowest BCUT2D eigenvalue weighted by atomic mass is 9.63. The summed E-state index contributed by atoms with van der Waals surface area (Å²) in [4.78, 5) is 11.4. The molecule has 0 saturated heterocycles. The van der Waals surface area contributed by atoms with Crippen LogP contribution in [0.2, 0.25) is 0 Å². The fourth-order valence-corrected chi connectivity index (χ4v) is 5.67. The molecule has 0 radical (unpaired) electrons. The van der Waals surface area contributed by atoms with E-state index >= 15 is 0 Å². The zero-order valence-electron chi connectivity index (χ0n) is 17.4. The molecule has 0 amide bonds. The molecular formula is C25H38O2. The molecule has 150 valence electrons. The topological polar surface area (TPSA) is 37.3 Å². The lowest BCUT2D eigenvalue weighted by Crippen LogP contribution is -2.30. The summed E-state index contributed by atoms with van der Waals surface area (Å²) < 4.78 is 0. The van der Waals surface area contributed by atoms with E-state index in [0.717, 1.165) is 24.2 Å². The number of carboxylic acid groups (broad SMARTS) is 1. The highest BCUT2D eigenvalue weighted by Gasteiger charge is 2.36. The molecule has 2 aliphatic carbocycles. The quantitative estimate of drug-likeness (QED) is 0.490. The normalized spacial score (nSPS) is 27.9. The van der Waals surface area contributed by atoms with Crippen molar-refractivity contribution in [2.75, 3.05) is 0 Å². The van der Waals surface area contributed by atoms with Crippen molar-refractivity contribution in [1.82, 2.24) is 0 Å². The molecule has 0 spiro atoms. The van der Waals surface area contributed by atoms with E-state index < -0.39 is 5.97 Å². The molecule has 0 aliphatic heterocycles. The molecule has 1 aromatic rings. The summed E-state index contributed by atoms with van der Waals surface area (Å²) in [5.41, 5.74) is 3.27. The third-order valence-corrected chi connectivity index (χ3v) is 7.29. The molecule has 2 unspecified atom stereocenters. The molecule has 2 atom stereocenters. The van der Waals surface area contributed by atoms with Gasteiger partial charge >= 0.3 is 5.97 Å². The molecule has 1 aromatic carbocycles. The fourth-order valence-electron chi connectivity index (χ4n) is 5.67. The van der Waals surface area contributed by atoms with E-state index in [1.807, 2.05) is 12.1 Å². The average molecular weight is 371 g/mol. The standard InChI is InChI=1S/C25H38O2/c1-3-4-5-6-7-8-19-13-14-21-17-22(25(26)27)15-16-23(21)24(19)20-11-9-18(2)10-12-20/h15-20,24H,3-14H2,1-2H3,(H,26,27). The van der Waals surface area contributed by atoms with Crippen molar-refractivity contribution in [2.45, 2.75) is 96.8 Å². The molecule has 1 N–H and O–H groups in total. The zero-order valence-corrected chi connectivity index (χ0v) is 17.4. The maximum Gasteiger partial charge on any atom is 0.335 e. The predicted octanol–water partition coefficient (Wildman–Crippen LogP) is 7.22. The lowest BCUT2D eigenvalue weighted by Gasteiger charge is -2.41. The first-order valence-electron chi connectivity index (χ1n) is 11.5. The van der Waals surface area contributed by atoms with Crippen molar-refractivity contribution >= 4 is 5.97 Å². The number of benzene rings is 1. The van der Waals surface area contributed by atoms with E-state index in [-0.39, 0.29) is 0 Å². The van der Waals surface area contributed by atoms with Crippen molar-refractivity contribution < 1.29 is 9.90 Å². The third kappa shape index (κ3) is 5.15. The van der Waals surface area contributed by atoms with E-state index in [1.165, 1.54) is 81.8 Å². The lowest BCUT2D eigenvalue weighted by molar-refractivity contribution is 0.0696. The number of hydrogen-bond donors (Lipinski definition) is 1. The maximum absolute atomic E-state index is 11.4. The monoisotopic (exact) mass is 370 g/mol. The van der Waals surface area contributed by atoms with E-state index in [2.05, 4.69) is 19.9 Å². The molecule has 3 rings (SSSR count). The van der Waals surface area contributed by atoms with Crippen LogP contribution in [0.25, 0.3) is 0 Å². The first kappa shape index (κ1) is 20.4. The second-order valence-corrected chi connectivity index (χ2v) is 9.27. The van der Waals surface area contributed by atoms with Crippen molar-refractivity contribution in [3.05, 3.63) is 34.9 Å². The fraction of sp³-hybridized carbons (Fsp3) is 0.720. The minimum atomic E-state index is -0.793. The summed E-state index contributed by atoms with van der Waals surface area (Å²) in [5.74, 6) is 2.35. The highest BCUT2D eigenvalue weighted by atomic mass is 16.4. The van der Waals surface area contributed by atoms with Gasteiger partial charge in [0, 0.05) is 0 Å². The van der Waals surface area contributed by atoms with Crippen molar-refractivity contribution in [1.29, 1.82) is 0 Å². The highest BCUT2D eigenvalue weighted by Crippen LogP contribution is 2.48. The molecule has 2 aliphatic rings.